The first-order valence-corrected chi connectivity index (χ1v) is 8.51. The van der Waals surface area contributed by atoms with Crippen LogP contribution in [0.4, 0.5) is 5.69 Å². The minimum absolute atomic E-state index is 0.222. The second-order valence-electron chi connectivity index (χ2n) is 5.28. The van der Waals surface area contributed by atoms with Gasteiger partial charge in [-0.15, -0.1) is 11.3 Å². The van der Waals surface area contributed by atoms with Crippen molar-refractivity contribution in [3.05, 3.63) is 69.7 Å². The molecule has 0 bridgehead atoms. The molecule has 2 aromatic carbocycles. The number of carboxylic acid groups (broad SMARTS) is 1. The molecule has 0 radical (unpaired) electrons. The monoisotopic (exact) mass is 372 g/mol. The highest BCUT2D eigenvalue weighted by Crippen LogP contribution is 2.28. The summed E-state index contributed by atoms with van der Waals surface area (Å²) in [5.41, 5.74) is 2.39. The van der Waals surface area contributed by atoms with Crippen molar-refractivity contribution in [2.75, 3.05) is 5.32 Å². The summed E-state index contributed by atoms with van der Waals surface area (Å²) in [6.07, 6.45) is 0. The van der Waals surface area contributed by atoms with E-state index in [4.69, 9.17) is 16.7 Å². The number of carbonyl (C=O) groups is 2. The van der Waals surface area contributed by atoms with Crippen LogP contribution in [0.1, 0.15) is 25.7 Å². The number of carbonyl (C=O) groups excluding carboxylic acids is 1. The maximum atomic E-state index is 12.3. The molecule has 7 heteroatoms. The first-order chi connectivity index (χ1) is 11.9. The molecule has 0 saturated heterocycles. The number of amides is 1. The van der Waals surface area contributed by atoms with Gasteiger partial charge in [-0.05, 0) is 43.3 Å². The Morgan fingerprint density at radius 2 is 1.72 bits per heavy atom. The van der Waals surface area contributed by atoms with Crippen LogP contribution in [0.15, 0.2) is 48.5 Å². The standard InChI is InChI=1S/C18H13ClN2O3S/c1-10-15(18(23)24)25-17(20-10)12-4-2-11(3-5-12)16(22)21-14-8-6-13(19)7-9-14/h2-9H,1H3,(H,21,22)(H,23,24). The Kier molecular flexibility index (Phi) is 4.83. The molecule has 1 heterocycles. The number of aromatic carboxylic acids is 1. The molecule has 5 nitrogen and oxygen atoms in total. The fourth-order valence-electron chi connectivity index (χ4n) is 2.22. The highest BCUT2D eigenvalue weighted by molar-refractivity contribution is 7.17. The van der Waals surface area contributed by atoms with E-state index in [1.54, 1.807) is 55.5 Å². The molecule has 3 aromatic rings. The highest BCUT2D eigenvalue weighted by atomic mass is 35.5. The zero-order valence-electron chi connectivity index (χ0n) is 13.1. The van der Waals surface area contributed by atoms with Crippen molar-refractivity contribution in [3.8, 4) is 10.6 Å². The van der Waals surface area contributed by atoms with E-state index in [0.29, 0.717) is 27.0 Å². The van der Waals surface area contributed by atoms with Crippen LogP contribution in [0.3, 0.4) is 0 Å². The lowest BCUT2D eigenvalue weighted by atomic mass is 10.1. The summed E-state index contributed by atoms with van der Waals surface area (Å²) in [7, 11) is 0. The number of nitrogens with one attached hydrogen (secondary N) is 1. The smallest absolute Gasteiger partial charge is 0.347 e. The SMILES string of the molecule is Cc1nc(-c2ccc(C(=O)Nc3ccc(Cl)cc3)cc2)sc1C(=O)O. The first kappa shape index (κ1) is 17.1. The Labute approximate surface area is 152 Å². The number of rotatable bonds is 4. The van der Waals surface area contributed by atoms with Gasteiger partial charge in [0.2, 0.25) is 0 Å². The van der Waals surface area contributed by atoms with Gasteiger partial charge >= 0.3 is 5.97 Å². The van der Waals surface area contributed by atoms with E-state index in [1.165, 1.54) is 0 Å². The minimum Gasteiger partial charge on any atom is -0.477 e. The molecular weight excluding hydrogens is 360 g/mol. The Bertz CT molecular complexity index is 934. The van der Waals surface area contributed by atoms with E-state index >= 15 is 0 Å². The van der Waals surface area contributed by atoms with E-state index in [0.717, 1.165) is 16.9 Å². The summed E-state index contributed by atoms with van der Waals surface area (Å²) < 4.78 is 0. The minimum atomic E-state index is -0.986. The number of anilines is 1. The normalized spacial score (nSPS) is 10.5. The molecule has 0 spiro atoms. The van der Waals surface area contributed by atoms with Gasteiger partial charge < -0.3 is 10.4 Å². The molecule has 2 N–H and O–H groups in total. The van der Waals surface area contributed by atoms with Gasteiger partial charge in [0.15, 0.2) is 0 Å². The third-order valence-electron chi connectivity index (χ3n) is 3.49. The Balaban J connectivity index is 1.77. The number of nitrogens with zero attached hydrogens (tertiary/aromatic N) is 1. The number of halogens is 1. The van der Waals surface area contributed by atoms with Gasteiger partial charge in [0.05, 0.1) is 5.69 Å². The summed E-state index contributed by atoms with van der Waals surface area (Å²) in [5, 5.41) is 13.1. The van der Waals surface area contributed by atoms with Gasteiger partial charge in [-0.25, -0.2) is 9.78 Å². The van der Waals surface area contributed by atoms with Crippen molar-refractivity contribution in [2.45, 2.75) is 6.92 Å². The predicted molar refractivity (Wildman–Crippen MR) is 98.7 cm³/mol. The third kappa shape index (κ3) is 3.87. The van der Waals surface area contributed by atoms with E-state index in [1.807, 2.05) is 0 Å². The maximum absolute atomic E-state index is 12.3. The zero-order chi connectivity index (χ0) is 18.0. The van der Waals surface area contributed by atoms with Crippen LogP contribution in [0.5, 0.6) is 0 Å². The molecule has 126 valence electrons. The summed E-state index contributed by atoms with van der Waals surface area (Å²) >= 11 is 6.93. The summed E-state index contributed by atoms with van der Waals surface area (Å²) in [6, 6.07) is 13.7. The molecule has 25 heavy (non-hydrogen) atoms. The molecule has 1 aromatic heterocycles. The van der Waals surface area contributed by atoms with Gasteiger partial charge in [-0.3, -0.25) is 4.79 Å². The molecule has 3 rings (SSSR count). The van der Waals surface area contributed by atoms with E-state index < -0.39 is 5.97 Å². The second kappa shape index (κ2) is 7.04. The van der Waals surface area contributed by atoms with E-state index in [2.05, 4.69) is 10.3 Å². The zero-order valence-corrected chi connectivity index (χ0v) is 14.7. The van der Waals surface area contributed by atoms with Crippen LogP contribution in [0, 0.1) is 6.92 Å². The van der Waals surface area contributed by atoms with Crippen LogP contribution in [0.25, 0.3) is 10.6 Å². The number of aromatic nitrogens is 1. The average Bonchev–Trinajstić information content (AvgIpc) is 2.99. The molecule has 0 aliphatic rings. The van der Waals surface area contributed by atoms with Gasteiger partial charge in [0.25, 0.3) is 5.91 Å². The number of benzene rings is 2. The van der Waals surface area contributed by atoms with Crippen LogP contribution in [-0.2, 0) is 0 Å². The highest BCUT2D eigenvalue weighted by Gasteiger charge is 2.15. The number of carboxylic acids is 1. The van der Waals surface area contributed by atoms with Crippen molar-refractivity contribution < 1.29 is 14.7 Å². The van der Waals surface area contributed by atoms with Crippen LogP contribution >= 0.6 is 22.9 Å². The fraction of sp³-hybridized carbons (Fsp3) is 0.0556. The molecular formula is C18H13ClN2O3S. The molecule has 0 aliphatic carbocycles. The quantitative estimate of drug-likeness (QED) is 0.694. The van der Waals surface area contributed by atoms with Gasteiger partial charge in [-0.2, -0.15) is 0 Å². The first-order valence-electron chi connectivity index (χ1n) is 7.32. The summed E-state index contributed by atoms with van der Waals surface area (Å²) in [6.45, 7) is 1.66. The topological polar surface area (TPSA) is 79.3 Å². The van der Waals surface area contributed by atoms with Gasteiger partial charge in [0.1, 0.15) is 9.88 Å². The lowest BCUT2D eigenvalue weighted by Crippen LogP contribution is -2.11. The summed E-state index contributed by atoms with van der Waals surface area (Å²) in [4.78, 5) is 27.9. The molecule has 0 unspecified atom stereocenters. The van der Waals surface area contributed by atoms with Gasteiger partial charge in [-0.1, -0.05) is 23.7 Å². The third-order valence-corrected chi connectivity index (χ3v) is 4.93. The number of thiazole rings is 1. The second-order valence-corrected chi connectivity index (χ2v) is 6.71. The van der Waals surface area contributed by atoms with Crippen LogP contribution in [-0.4, -0.2) is 22.0 Å². The molecule has 0 atom stereocenters. The van der Waals surface area contributed by atoms with Crippen LogP contribution in [0.2, 0.25) is 5.02 Å². The van der Waals surface area contributed by atoms with Crippen molar-refractivity contribution >= 4 is 40.5 Å². The maximum Gasteiger partial charge on any atom is 0.347 e. The van der Waals surface area contributed by atoms with E-state index in [9.17, 15) is 9.59 Å². The number of hydrogen-bond donors (Lipinski definition) is 2. The van der Waals surface area contributed by atoms with E-state index in [-0.39, 0.29) is 10.8 Å². The van der Waals surface area contributed by atoms with Crippen molar-refractivity contribution in [1.29, 1.82) is 0 Å². The Morgan fingerprint density at radius 1 is 1.08 bits per heavy atom. The lowest BCUT2D eigenvalue weighted by Gasteiger charge is -2.06. The van der Waals surface area contributed by atoms with Crippen LogP contribution < -0.4 is 5.32 Å². The number of hydrogen-bond acceptors (Lipinski definition) is 4. The molecule has 1 amide bonds. The van der Waals surface area contributed by atoms with Crippen molar-refractivity contribution in [3.63, 3.8) is 0 Å². The largest absolute Gasteiger partial charge is 0.477 e. The fourth-order valence-corrected chi connectivity index (χ4v) is 3.26. The van der Waals surface area contributed by atoms with Gasteiger partial charge in [0, 0.05) is 21.8 Å². The Morgan fingerprint density at radius 3 is 2.28 bits per heavy atom. The van der Waals surface area contributed by atoms with Crippen molar-refractivity contribution in [1.82, 2.24) is 4.98 Å². The predicted octanol–water partition coefficient (Wildman–Crippen LogP) is 4.72. The average molecular weight is 373 g/mol. The number of aryl methyl sites for hydroxylation is 1. The summed E-state index contributed by atoms with van der Waals surface area (Å²) in [5.74, 6) is -1.23. The molecule has 0 aliphatic heterocycles. The lowest BCUT2D eigenvalue weighted by molar-refractivity contribution is 0.0701. The Hall–Kier alpha value is -2.70. The van der Waals surface area contributed by atoms with Crippen molar-refractivity contribution in [2.24, 2.45) is 0 Å². The molecule has 0 saturated carbocycles. The molecule has 0 fully saturated rings.